The molecule has 0 bridgehead atoms. The second-order valence-corrected chi connectivity index (χ2v) is 6.47. The van der Waals surface area contributed by atoms with Gasteiger partial charge >= 0.3 is 0 Å². The van der Waals surface area contributed by atoms with Gasteiger partial charge in [0.2, 0.25) is 10.0 Å². The number of aromatic nitrogens is 2. The minimum Gasteiger partial charge on any atom is -0.330 e. The number of aryl methyl sites for hydroxylation is 1. The predicted octanol–water partition coefficient (Wildman–Crippen LogP) is 0.753. The van der Waals surface area contributed by atoms with E-state index in [1.807, 2.05) is 12.3 Å². The average Bonchev–Trinajstić information content (AvgIpc) is 2.98. The van der Waals surface area contributed by atoms with Crippen LogP contribution in [0.4, 0.5) is 0 Å². The first kappa shape index (κ1) is 15.7. The van der Waals surface area contributed by atoms with Gasteiger partial charge in [0.05, 0.1) is 4.90 Å². The molecule has 6 nitrogen and oxygen atoms in total. The maximum Gasteiger partial charge on any atom is 0.240 e. The van der Waals surface area contributed by atoms with Gasteiger partial charge in [-0.1, -0.05) is 12.1 Å². The van der Waals surface area contributed by atoms with E-state index in [0.29, 0.717) is 26.1 Å². The highest BCUT2D eigenvalue weighted by Crippen LogP contribution is 2.10. The second kappa shape index (κ2) is 7.35. The fourth-order valence-corrected chi connectivity index (χ4v) is 3.04. The fourth-order valence-electron chi connectivity index (χ4n) is 1.97. The molecule has 0 saturated heterocycles. The second-order valence-electron chi connectivity index (χ2n) is 4.70. The summed E-state index contributed by atoms with van der Waals surface area (Å²) in [7, 11) is -3.44. The van der Waals surface area contributed by atoms with Crippen LogP contribution in [0.1, 0.15) is 12.0 Å². The number of hydrogen-bond acceptors (Lipinski definition) is 4. The minimum atomic E-state index is -3.44. The molecule has 1 aromatic carbocycles. The molecule has 0 saturated carbocycles. The smallest absolute Gasteiger partial charge is 0.240 e. The third kappa shape index (κ3) is 4.66. The molecule has 114 valence electrons. The number of nitrogens with zero attached hydrogens (tertiary/aromatic N) is 2. The quantitative estimate of drug-likeness (QED) is 0.704. The summed E-state index contributed by atoms with van der Waals surface area (Å²) in [6, 6.07) is 8.66. The van der Waals surface area contributed by atoms with Gasteiger partial charge in [0, 0.05) is 25.5 Å². The first-order valence-electron chi connectivity index (χ1n) is 6.88. The van der Waals surface area contributed by atoms with Crippen LogP contribution in [-0.4, -0.2) is 31.3 Å². The van der Waals surface area contributed by atoms with Gasteiger partial charge < -0.3 is 5.73 Å². The van der Waals surface area contributed by atoms with Crippen molar-refractivity contribution in [1.82, 2.24) is 14.5 Å². The van der Waals surface area contributed by atoms with Crippen molar-refractivity contribution in [3.63, 3.8) is 0 Å². The Morgan fingerprint density at radius 3 is 2.62 bits per heavy atom. The fraction of sp³-hybridized carbons (Fsp3) is 0.357. The highest BCUT2D eigenvalue weighted by atomic mass is 32.2. The lowest BCUT2D eigenvalue weighted by Crippen LogP contribution is -2.25. The van der Waals surface area contributed by atoms with E-state index in [1.165, 1.54) is 0 Å². The van der Waals surface area contributed by atoms with Crippen LogP contribution in [0.5, 0.6) is 0 Å². The van der Waals surface area contributed by atoms with Gasteiger partial charge in [-0.25, -0.2) is 13.1 Å². The summed E-state index contributed by atoms with van der Waals surface area (Å²) in [5.74, 6) is 0. The summed E-state index contributed by atoms with van der Waals surface area (Å²) in [5.41, 5.74) is 6.51. The third-order valence-electron chi connectivity index (χ3n) is 3.08. The van der Waals surface area contributed by atoms with Gasteiger partial charge in [-0.15, -0.1) is 0 Å². The van der Waals surface area contributed by atoms with Crippen molar-refractivity contribution in [1.29, 1.82) is 0 Å². The number of nitrogens with two attached hydrogens (primary N) is 1. The molecule has 1 aromatic heterocycles. The Bertz CT molecular complexity index is 636. The number of nitrogens with one attached hydrogen (secondary N) is 1. The lowest BCUT2D eigenvalue weighted by Gasteiger charge is -2.07. The molecule has 7 heteroatoms. The van der Waals surface area contributed by atoms with Crippen LogP contribution in [0.3, 0.4) is 0 Å². The monoisotopic (exact) mass is 308 g/mol. The van der Waals surface area contributed by atoms with Crippen LogP contribution in [0.2, 0.25) is 0 Å². The van der Waals surface area contributed by atoms with Crippen molar-refractivity contribution in [3.05, 3.63) is 48.3 Å². The number of rotatable bonds is 8. The molecule has 0 fully saturated rings. The van der Waals surface area contributed by atoms with Crippen molar-refractivity contribution in [3.8, 4) is 0 Å². The normalized spacial score (nSPS) is 11.7. The van der Waals surface area contributed by atoms with Crippen molar-refractivity contribution < 1.29 is 8.42 Å². The zero-order chi connectivity index (χ0) is 15.1. The summed E-state index contributed by atoms with van der Waals surface area (Å²) in [4.78, 5) is 0.280. The first-order chi connectivity index (χ1) is 10.1. The maximum absolute atomic E-state index is 12.1. The Hall–Kier alpha value is -1.70. The summed E-state index contributed by atoms with van der Waals surface area (Å²) in [5, 5.41) is 4.06. The molecule has 0 unspecified atom stereocenters. The van der Waals surface area contributed by atoms with E-state index in [4.69, 9.17) is 5.73 Å². The van der Waals surface area contributed by atoms with E-state index in [9.17, 15) is 8.42 Å². The third-order valence-corrected chi connectivity index (χ3v) is 4.56. The van der Waals surface area contributed by atoms with Crippen LogP contribution in [0.25, 0.3) is 0 Å². The number of benzene rings is 1. The Kier molecular flexibility index (Phi) is 5.49. The Morgan fingerprint density at radius 2 is 2.00 bits per heavy atom. The van der Waals surface area contributed by atoms with E-state index in [2.05, 4.69) is 9.82 Å². The molecule has 0 spiro atoms. The van der Waals surface area contributed by atoms with Crippen LogP contribution >= 0.6 is 0 Å². The van der Waals surface area contributed by atoms with E-state index < -0.39 is 10.0 Å². The average molecular weight is 308 g/mol. The summed E-state index contributed by atoms with van der Waals surface area (Å²) in [6.45, 7) is 1.62. The molecular formula is C14H20N4O2S. The lowest BCUT2D eigenvalue weighted by atomic mass is 10.2. The Morgan fingerprint density at radius 1 is 1.24 bits per heavy atom. The van der Waals surface area contributed by atoms with E-state index in [1.54, 1.807) is 35.1 Å². The van der Waals surface area contributed by atoms with E-state index >= 15 is 0 Å². The highest BCUT2D eigenvalue weighted by molar-refractivity contribution is 7.89. The molecule has 0 radical (unpaired) electrons. The highest BCUT2D eigenvalue weighted by Gasteiger charge is 2.12. The van der Waals surface area contributed by atoms with Crippen LogP contribution < -0.4 is 10.5 Å². The number of hydrogen-bond donors (Lipinski definition) is 2. The van der Waals surface area contributed by atoms with Crippen molar-refractivity contribution in [2.45, 2.75) is 24.3 Å². The zero-order valence-electron chi connectivity index (χ0n) is 11.8. The molecule has 0 aliphatic carbocycles. The van der Waals surface area contributed by atoms with Gasteiger partial charge in [0.25, 0.3) is 0 Å². The van der Waals surface area contributed by atoms with Crippen molar-refractivity contribution in [2.24, 2.45) is 5.73 Å². The standard InChI is InChI=1S/C14H20N4O2S/c15-8-7-13-3-5-14(6-4-13)21(19,20)17-10-2-12-18-11-1-9-16-18/h1,3-6,9,11,17H,2,7-8,10,12,15H2. The minimum absolute atomic E-state index is 0.280. The topological polar surface area (TPSA) is 90.0 Å². The molecule has 21 heavy (non-hydrogen) atoms. The van der Waals surface area contributed by atoms with Gasteiger partial charge in [0.1, 0.15) is 0 Å². The van der Waals surface area contributed by atoms with Crippen molar-refractivity contribution >= 4 is 10.0 Å². The number of sulfonamides is 1. The summed E-state index contributed by atoms with van der Waals surface area (Å²) < 4.78 is 28.6. The SMILES string of the molecule is NCCc1ccc(S(=O)(=O)NCCCn2cccn2)cc1. The molecule has 0 aliphatic rings. The molecule has 0 aliphatic heterocycles. The molecule has 2 rings (SSSR count). The molecule has 0 atom stereocenters. The molecular weight excluding hydrogens is 288 g/mol. The molecule has 3 N–H and O–H groups in total. The maximum atomic E-state index is 12.1. The largest absolute Gasteiger partial charge is 0.330 e. The van der Waals surface area contributed by atoms with Gasteiger partial charge in [-0.3, -0.25) is 4.68 Å². The Balaban J connectivity index is 1.85. The zero-order valence-corrected chi connectivity index (χ0v) is 12.6. The molecule has 2 aromatic rings. The summed E-state index contributed by atoms with van der Waals surface area (Å²) >= 11 is 0. The van der Waals surface area contributed by atoms with Gasteiger partial charge in [-0.2, -0.15) is 5.10 Å². The summed E-state index contributed by atoms with van der Waals surface area (Å²) in [6.07, 6.45) is 4.99. The molecule has 1 heterocycles. The predicted molar refractivity (Wildman–Crippen MR) is 81.2 cm³/mol. The van der Waals surface area contributed by atoms with Crippen LogP contribution in [-0.2, 0) is 23.0 Å². The lowest BCUT2D eigenvalue weighted by molar-refractivity contribution is 0.553. The van der Waals surface area contributed by atoms with Crippen LogP contribution in [0.15, 0.2) is 47.6 Å². The van der Waals surface area contributed by atoms with E-state index in [-0.39, 0.29) is 4.90 Å². The van der Waals surface area contributed by atoms with E-state index in [0.717, 1.165) is 12.0 Å². The van der Waals surface area contributed by atoms with Crippen molar-refractivity contribution in [2.75, 3.05) is 13.1 Å². The van der Waals surface area contributed by atoms with Gasteiger partial charge in [-0.05, 0) is 43.1 Å². The van der Waals surface area contributed by atoms with Crippen LogP contribution in [0, 0.1) is 0 Å². The first-order valence-corrected chi connectivity index (χ1v) is 8.36. The molecule has 0 amide bonds. The Labute approximate surface area is 125 Å². The van der Waals surface area contributed by atoms with Gasteiger partial charge in [0.15, 0.2) is 0 Å².